The predicted octanol–water partition coefficient (Wildman–Crippen LogP) is 2.81. The molecule has 14 heavy (non-hydrogen) atoms. The Labute approximate surface area is 86.7 Å². The van der Waals surface area contributed by atoms with Crippen molar-refractivity contribution >= 4 is 5.71 Å². The highest BCUT2D eigenvalue weighted by atomic mass is 15.5. The van der Waals surface area contributed by atoms with Crippen LogP contribution in [-0.2, 0) is 0 Å². The second-order valence-corrected chi connectivity index (χ2v) is 4.86. The quantitative estimate of drug-likeness (QED) is 0.583. The SMILES string of the molecule is CC1=NN(C)C(C)(C2C=CCCC2)C1. The zero-order valence-electron chi connectivity index (χ0n) is 9.45. The molecule has 1 aliphatic heterocycles. The van der Waals surface area contributed by atoms with Crippen molar-refractivity contribution in [3.05, 3.63) is 12.2 Å². The zero-order chi connectivity index (χ0) is 10.2. The molecule has 2 rings (SSSR count). The van der Waals surface area contributed by atoms with Crippen LogP contribution in [0.4, 0.5) is 0 Å². The number of hydrogen-bond donors (Lipinski definition) is 0. The first-order chi connectivity index (χ1) is 6.63. The lowest BCUT2D eigenvalue weighted by Crippen LogP contribution is -2.44. The van der Waals surface area contributed by atoms with Crippen LogP contribution in [0.3, 0.4) is 0 Å². The van der Waals surface area contributed by atoms with E-state index in [9.17, 15) is 0 Å². The summed E-state index contributed by atoms with van der Waals surface area (Å²) in [4.78, 5) is 0. The number of hydrazone groups is 1. The molecule has 1 heterocycles. The van der Waals surface area contributed by atoms with E-state index < -0.39 is 0 Å². The molecule has 2 heteroatoms. The van der Waals surface area contributed by atoms with Gasteiger partial charge in [-0.25, -0.2) is 0 Å². The number of nitrogens with zero attached hydrogens (tertiary/aromatic N) is 2. The van der Waals surface area contributed by atoms with Crippen molar-refractivity contribution in [1.82, 2.24) is 5.01 Å². The largest absolute Gasteiger partial charge is 0.293 e. The summed E-state index contributed by atoms with van der Waals surface area (Å²) < 4.78 is 0. The molecule has 0 saturated carbocycles. The summed E-state index contributed by atoms with van der Waals surface area (Å²) in [5.74, 6) is 0.683. The van der Waals surface area contributed by atoms with Gasteiger partial charge in [-0.2, -0.15) is 5.10 Å². The molecule has 0 saturated heterocycles. The molecule has 2 nitrogen and oxygen atoms in total. The van der Waals surface area contributed by atoms with Crippen molar-refractivity contribution < 1.29 is 0 Å². The van der Waals surface area contributed by atoms with Crippen molar-refractivity contribution in [3.8, 4) is 0 Å². The summed E-state index contributed by atoms with van der Waals surface area (Å²) in [5, 5.41) is 6.70. The van der Waals surface area contributed by atoms with Crippen molar-refractivity contribution in [2.75, 3.05) is 7.05 Å². The van der Waals surface area contributed by atoms with Gasteiger partial charge in [-0.15, -0.1) is 0 Å². The highest BCUT2D eigenvalue weighted by molar-refractivity contribution is 5.84. The van der Waals surface area contributed by atoms with Crippen LogP contribution in [0.15, 0.2) is 17.3 Å². The summed E-state index contributed by atoms with van der Waals surface area (Å²) in [6.45, 7) is 4.47. The van der Waals surface area contributed by atoms with Gasteiger partial charge in [0.2, 0.25) is 0 Å². The lowest BCUT2D eigenvalue weighted by Gasteiger charge is -2.39. The minimum atomic E-state index is 0.237. The predicted molar refractivity (Wildman–Crippen MR) is 60.4 cm³/mol. The molecular weight excluding hydrogens is 172 g/mol. The Kier molecular flexibility index (Phi) is 2.38. The fraction of sp³-hybridized carbons (Fsp3) is 0.750. The highest BCUT2D eigenvalue weighted by Gasteiger charge is 2.40. The summed E-state index contributed by atoms with van der Waals surface area (Å²) in [6.07, 6.45) is 9.77. The highest BCUT2D eigenvalue weighted by Crippen LogP contribution is 2.38. The van der Waals surface area contributed by atoms with Crippen LogP contribution in [0.2, 0.25) is 0 Å². The summed E-state index contributed by atoms with van der Waals surface area (Å²) in [5.41, 5.74) is 1.51. The third kappa shape index (κ3) is 1.47. The van der Waals surface area contributed by atoms with Gasteiger partial charge >= 0.3 is 0 Å². The molecule has 0 bridgehead atoms. The van der Waals surface area contributed by atoms with Crippen molar-refractivity contribution in [2.45, 2.75) is 45.1 Å². The van der Waals surface area contributed by atoms with Crippen molar-refractivity contribution in [2.24, 2.45) is 11.0 Å². The van der Waals surface area contributed by atoms with E-state index in [1.165, 1.54) is 25.0 Å². The number of hydrogen-bond acceptors (Lipinski definition) is 2. The lowest BCUT2D eigenvalue weighted by molar-refractivity contribution is 0.114. The van der Waals surface area contributed by atoms with Gasteiger partial charge in [-0.05, 0) is 33.1 Å². The topological polar surface area (TPSA) is 15.6 Å². The number of allylic oxidation sites excluding steroid dienone is 1. The van der Waals surface area contributed by atoms with Crippen LogP contribution >= 0.6 is 0 Å². The van der Waals surface area contributed by atoms with E-state index in [0.29, 0.717) is 5.92 Å². The normalized spacial score (nSPS) is 37.5. The Morgan fingerprint density at radius 2 is 2.36 bits per heavy atom. The Morgan fingerprint density at radius 1 is 1.57 bits per heavy atom. The Hall–Kier alpha value is -0.790. The van der Waals surface area contributed by atoms with E-state index in [0.717, 1.165) is 6.42 Å². The maximum Gasteiger partial charge on any atom is 0.0662 e. The van der Waals surface area contributed by atoms with Gasteiger partial charge in [-0.3, -0.25) is 5.01 Å². The van der Waals surface area contributed by atoms with E-state index in [-0.39, 0.29) is 5.54 Å². The second-order valence-electron chi connectivity index (χ2n) is 4.86. The monoisotopic (exact) mass is 192 g/mol. The van der Waals surface area contributed by atoms with Crippen molar-refractivity contribution in [3.63, 3.8) is 0 Å². The first-order valence-corrected chi connectivity index (χ1v) is 5.57. The summed E-state index contributed by atoms with van der Waals surface area (Å²) in [7, 11) is 2.11. The maximum atomic E-state index is 4.53. The molecule has 0 radical (unpaired) electrons. The smallest absolute Gasteiger partial charge is 0.0662 e. The minimum absolute atomic E-state index is 0.237. The standard InChI is InChI=1S/C12H20N2/c1-10-9-12(2,14(3)13-10)11-7-5-4-6-8-11/h5,7,11H,4,6,8-9H2,1-3H3. The Bertz CT molecular complexity index is 280. The Balaban J connectivity index is 2.16. The molecule has 0 amide bonds. The lowest BCUT2D eigenvalue weighted by atomic mass is 9.77. The van der Waals surface area contributed by atoms with E-state index in [1.807, 2.05) is 0 Å². The average molecular weight is 192 g/mol. The van der Waals surface area contributed by atoms with Gasteiger partial charge in [0, 0.05) is 25.1 Å². The van der Waals surface area contributed by atoms with Crippen molar-refractivity contribution in [1.29, 1.82) is 0 Å². The van der Waals surface area contributed by atoms with Gasteiger partial charge in [0.25, 0.3) is 0 Å². The second kappa shape index (κ2) is 3.41. The number of rotatable bonds is 1. The fourth-order valence-corrected chi connectivity index (χ4v) is 2.74. The van der Waals surface area contributed by atoms with E-state index in [1.54, 1.807) is 0 Å². The minimum Gasteiger partial charge on any atom is -0.293 e. The summed E-state index contributed by atoms with van der Waals surface area (Å²) in [6, 6.07) is 0. The van der Waals surface area contributed by atoms with E-state index in [4.69, 9.17) is 0 Å². The van der Waals surface area contributed by atoms with Crippen LogP contribution in [0.1, 0.15) is 39.5 Å². The van der Waals surface area contributed by atoms with E-state index in [2.05, 4.69) is 43.2 Å². The molecule has 78 valence electrons. The average Bonchev–Trinajstić information content (AvgIpc) is 2.43. The third-order valence-electron chi connectivity index (χ3n) is 3.73. The zero-order valence-corrected chi connectivity index (χ0v) is 9.45. The third-order valence-corrected chi connectivity index (χ3v) is 3.73. The Morgan fingerprint density at radius 3 is 2.86 bits per heavy atom. The first kappa shape index (κ1) is 9.75. The van der Waals surface area contributed by atoms with E-state index >= 15 is 0 Å². The maximum absolute atomic E-state index is 4.53. The molecule has 2 unspecified atom stereocenters. The van der Waals surface area contributed by atoms with Gasteiger partial charge in [0.1, 0.15) is 0 Å². The molecule has 0 aromatic carbocycles. The van der Waals surface area contributed by atoms with Crippen LogP contribution < -0.4 is 0 Å². The van der Waals surface area contributed by atoms with Gasteiger partial charge in [0.15, 0.2) is 0 Å². The molecule has 2 atom stereocenters. The molecular formula is C12H20N2. The van der Waals surface area contributed by atoms with Crippen LogP contribution in [0.25, 0.3) is 0 Å². The van der Waals surface area contributed by atoms with Crippen LogP contribution in [-0.4, -0.2) is 23.3 Å². The molecule has 1 aliphatic carbocycles. The van der Waals surface area contributed by atoms with Gasteiger partial charge < -0.3 is 0 Å². The first-order valence-electron chi connectivity index (χ1n) is 5.57. The molecule has 0 fully saturated rings. The van der Waals surface area contributed by atoms with Gasteiger partial charge in [0.05, 0.1) is 5.54 Å². The molecule has 0 aromatic rings. The molecule has 0 N–H and O–H groups in total. The molecule has 0 spiro atoms. The molecule has 0 aromatic heterocycles. The van der Waals surface area contributed by atoms with Crippen LogP contribution in [0, 0.1) is 5.92 Å². The summed E-state index contributed by atoms with van der Waals surface area (Å²) >= 11 is 0. The van der Waals surface area contributed by atoms with Gasteiger partial charge in [-0.1, -0.05) is 12.2 Å². The molecule has 2 aliphatic rings. The van der Waals surface area contributed by atoms with Crippen LogP contribution in [0.5, 0.6) is 0 Å². The fourth-order valence-electron chi connectivity index (χ4n) is 2.74.